The minimum atomic E-state index is -0.115. The molecule has 5 rings (SSSR count). The van der Waals surface area contributed by atoms with Gasteiger partial charge in [-0.2, -0.15) is 0 Å². The summed E-state index contributed by atoms with van der Waals surface area (Å²) in [5.74, 6) is 1.17. The average Bonchev–Trinajstić information content (AvgIpc) is 3.19. The monoisotopic (exact) mass is 408 g/mol. The van der Waals surface area contributed by atoms with E-state index in [2.05, 4.69) is 35.8 Å². The summed E-state index contributed by atoms with van der Waals surface area (Å²) in [4.78, 5) is 24.5. The standard InChI is InChI=1S/C25H36N4O/c1-18(2)28-11-12-29-22(17-28)24(30)27(3)21-14-20(16-26-23(21)29)13-19-7-6-10-25(15-19)8-4-5-9-25/h13-14,16,18,22H,4-12,15,17H2,1-3H3/b19-13-/t22-/m1/s1. The zero-order chi connectivity index (χ0) is 20.9. The molecule has 0 bridgehead atoms. The fourth-order valence-electron chi connectivity index (χ4n) is 6.35. The van der Waals surface area contributed by atoms with Gasteiger partial charge in [0.05, 0.1) is 5.69 Å². The van der Waals surface area contributed by atoms with E-state index in [-0.39, 0.29) is 11.9 Å². The number of hydrogen-bond acceptors (Lipinski definition) is 4. The number of allylic oxidation sites excluding steroid dienone is 1. The number of carbonyl (C=O) groups is 1. The Morgan fingerprint density at radius 1 is 1.17 bits per heavy atom. The van der Waals surface area contributed by atoms with E-state index in [0.29, 0.717) is 11.5 Å². The Labute approximate surface area is 181 Å². The highest BCUT2D eigenvalue weighted by atomic mass is 16.2. The number of amides is 1. The quantitative estimate of drug-likeness (QED) is 0.724. The van der Waals surface area contributed by atoms with Gasteiger partial charge in [0, 0.05) is 38.9 Å². The third-order valence-corrected chi connectivity index (χ3v) is 8.10. The van der Waals surface area contributed by atoms with E-state index < -0.39 is 0 Å². The van der Waals surface area contributed by atoms with Gasteiger partial charge in [0.15, 0.2) is 5.82 Å². The fraction of sp³-hybridized carbons (Fsp3) is 0.680. The minimum absolute atomic E-state index is 0.115. The molecule has 1 amide bonds. The zero-order valence-corrected chi connectivity index (χ0v) is 18.9. The van der Waals surface area contributed by atoms with Crippen LogP contribution in [-0.2, 0) is 4.79 Å². The number of rotatable bonds is 2. The summed E-state index contributed by atoms with van der Waals surface area (Å²) in [6.45, 7) is 7.06. The first kappa shape index (κ1) is 20.0. The molecule has 1 spiro atoms. The SMILES string of the molecule is CC(C)N1CCN2c3ncc(/C=C4/CCCC5(CCCC5)C4)cc3N(C)C(=O)[C@H]2C1. The second-order valence-electron chi connectivity index (χ2n) is 10.3. The zero-order valence-electron chi connectivity index (χ0n) is 18.9. The molecule has 0 aromatic carbocycles. The van der Waals surface area contributed by atoms with Crippen molar-refractivity contribution in [3.05, 3.63) is 23.4 Å². The highest BCUT2D eigenvalue weighted by molar-refractivity contribution is 6.05. The molecule has 0 unspecified atom stereocenters. The van der Waals surface area contributed by atoms with Gasteiger partial charge in [0.1, 0.15) is 6.04 Å². The van der Waals surface area contributed by atoms with Crippen LogP contribution in [-0.4, -0.2) is 54.6 Å². The molecular weight excluding hydrogens is 372 g/mol. The lowest BCUT2D eigenvalue weighted by molar-refractivity contribution is -0.121. The number of fused-ring (bicyclic) bond motifs is 3. The van der Waals surface area contributed by atoms with E-state index >= 15 is 0 Å². The third-order valence-electron chi connectivity index (χ3n) is 8.10. The van der Waals surface area contributed by atoms with E-state index in [1.54, 1.807) is 5.57 Å². The smallest absolute Gasteiger partial charge is 0.250 e. The van der Waals surface area contributed by atoms with Crippen molar-refractivity contribution in [3.63, 3.8) is 0 Å². The van der Waals surface area contributed by atoms with Crippen LogP contribution < -0.4 is 9.80 Å². The van der Waals surface area contributed by atoms with Crippen LogP contribution in [0.4, 0.5) is 11.5 Å². The molecule has 0 N–H and O–H groups in total. The molecule has 30 heavy (non-hydrogen) atoms. The molecule has 5 nitrogen and oxygen atoms in total. The predicted octanol–water partition coefficient (Wildman–Crippen LogP) is 4.47. The van der Waals surface area contributed by atoms with Crippen molar-refractivity contribution in [1.29, 1.82) is 0 Å². The van der Waals surface area contributed by atoms with Crippen molar-refractivity contribution < 1.29 is 4.79 Å². The Morgan fingerprint density at radius 3 is 2.70 bits per heavy atom. The Hall–Kier alpha value is -1.88. The first-order valence-electron chi connectivity index (χ1n) is 11.9. The molecule has 1 atom stereocenters. The molecule has 2 saturated carbocycles. The number of anilines is 2. The van der Waals surface area contributed by atoms with E-state index in [1.165, 1.54) is 51.4 Å². The van der Waals surface area contributed by atoms with Crippen LogP contribution >= 0.6 is 0 Å². The molecule has 1 saturated heterocycles. The predicted molar refractivity (Wildman–Crippen MR) is 123 cm³/mol. The van der Waals surface area contributed by atoms with Gasteiger partial charge < -0.3 is 9.80 Å². The van der Waals surface area contributed by atoms with Crippen LogP contribution in [0, 0.1) is 5.41 Å². The number of aromatic nitrogens is 1. The first-order chi connectivity index (χ1) is 14.5. The molecule has 1 aromatic rings. The van der Waals surface area contributed by atoms with Gasteiger partial charge >= 0.3 is 0 Å². The van der Waals surface area contributed by atoms with Crippen molar-refractivity contribution in [2.24, 2.45) is 5.41 Å². The fourth-order valence-corrected chi connectivity index (χ4v) is 6.35. The maximum absolute atomic E-state index is 13.2. The molecule has 2 aliphatic carbocycles. The normalized spacial score (nSPS) is 27.8. The first-order valence-corrected chi connectivity index (χ1v) is 11.9. The van der Waals surface area contributed by atoms with E-state index in [9.17, 15) is 4.79 Å². The minimum Gasteiger partial charge on any atom is -0.340 e. The number of hydrogen-bond donors (Lipinski definition) is 0. The van der Waals surface area contributed by atoms with Crippen LogP contribution in [0.25, 0.3) is 6.08 Å². The summed E-state index contributed by atoms with van der Waals surface area (Å²) >= 11 is 0. The van der Waals surface area contributed by atoms with Gasteiger partial charge in [-0.3, -0.25) is 9.69 Å². The summed E-state index contributed by atoms with van der Waals surface area (Å²) in [6.07, 6.45) is 15.2. The molecular formula is C25H36N4O. The molecule has 0 radical (unpaired) electrons. The van der Waals surface area contributed by atoms with Crippen molar-refractivity contribution >= 4 is 23.5 Å². The van der Waals surface area contributed by atoms with Crippen LogP contribution in [0.1, 0.15) is 70.8 Å². The largest absolute Gasteiger partial charge is 0.340 e. The Bertz CT molecular complexity index is 855. The second-order valence-corrected chi connectivity index (χ2v) is 10.3. The number of nitrogens with zero attached hydrogens (tertiary/aromatic N) is 4. The van der Waals surface area contributed by atoms with Crippen molar-refractivity contribution in [1.82, 2.24) is 9.88 Å². The highest BCUT2D eigenvalue weighted by Crippen LogP contribution is 2.50. The van der Waals surface area contributed by atoms with Crippen molar-refractivity contribution in [3.8, 4) is 0 Å². The summed E-state index contributed by atoms with van der Waals surface area (Å²) < 4.78 is 0. The number of piperazine rings is 1. The summed E-state index contributed by atoms with van der Waals surface area (Å²) in [7, 11) is 1.92. The van der Waals surface area contributed by atoms with Gasteiger partial charge in [-0.1, -0.05) is 24.5 Å². The number of carbonyl (C=O) groups excluding carboxylic acids is 1. The number of likely N-dealkylation sites (N-methyl/N-ethyl adjacent to an activating group) is 1. The lowest BCUT2D eigenvalue weighted by Gasteiger charge is -2.47. The van der Waals surface area contributed by atoms with E-state index in [4.69, 9.17) is 4.98 Å². The molecule has 3 fully saturated rings. The topological polar surface area (TPSA) is 39.7 Å². The van der Waals surface area contributed by atoms with Gasteiger partial charge in [0.25, 0.3) is 5.91 Å². The molecule has 1 aromatic heterocycles. The molecule has 5 heteroatoms. The Morgan fingerprint density at radius 2 is 1.93 bits per heavy atom. The molecule has 162 valence electrons. The van der Waals surface area contributed by atoms with Crippen LogP contribution in [0.5, 0.6) is 0 Å². The Balaban J connectivity index is 1.41. The molecule has 2 aliphatic heterocycles. The van der Waals surface area contributed by atoms with Crippen LogP contribution in [0.3, 0.4) is 0 Å². The maximum Gasteiger partial charge on any atom is 0.250 e. The summed E-state index contributed by atoms with van der Waals surface area (Å²) in [5.41, 5.74) is 4.28. The maximum atomic E-state index is 13.2. The summed E-state index contributed by atoms with van der Waals surface area (Å²) in [6, 6.07) is 2.54. The van der Waals surface area contributed by atoms with Crippen molar-refractivity contribution in [2.75, 3.05) is 36.5 Å². The van der Waals surface area contributed by atoms with Gasteiger partial charge in [0.2, 0.25) is 0 Å². The van der Waals surface area contributed by atoms with Crippen molar-refractivity contribution in [2.45, 2.75) is 77.3 Å². The van der Waals surface area contributed by atoms with E-state index in [1.807, 2.05) is 18.1 Å². The van der Waals surface area contributed by atoms with Gasteiger partial charge in [-0.05, 0) is 69.4 Å². The second kappa shape index (κ2) is 7.67. The van der Waals surface area contributed by atoms with Gasteiger partial charge in [-0.15, -0.1) is 0 Å². The molecule has 4 aliphatic rings. The lowest BCUT2D eigenvalue weighted by atomic mass is 9.70. The highest BCUT2D eigenvalue weighted by Gasteiger charge is 2.41. The molecule has 3 heterocycles. The third kappa shape index (κ3) is 3.45. The Kier molecular flexibility index (Phi) is 5.12. The summed E-state index contributed by atoms with van der Waals surface area (Å²) in [5, 5.41) is 0. The van der Waals surface area contributed by atoms with E-state index in [0.717, 1.165) is 36.7 Å². The van der Waals surface area contributed by atoms with Crippen LogP contribution in [0.15, 0.2) is 17.8 Å². The van der Waals surface area contributed by atoms with Crippen LogP contribution in [0.2, 0.25) is 0 Å². The van der Waals surface area contributed by atoms with Gasteiger partial charge in [-0.25, -0.2) is 4.98 Å². The number of pyridine rings is 1. The lowest BCUT2D eigenvalue weighted by Crippen LogP contribution is -2.63. The average molecular weight is 409 g/mol.